The molecule has 1 saturated heterocycles. The zero-order valence-electron chi connectivity index (χ0n) is 11.9. The van der Waals surface area contributed by atoms with Gasteiger partial charge in [0.1, 0.15) is 0 Å². The van der Waals surface area contributed by atoms with Crippen molar-refractivity contribution in [2.45, 2.75) is 19.8 Å². The number of amides is 2. The van der Waals surface area contributed by atoms with Crippen molar-refractivity contribution in [2.75, 3.05) is 25.0 Å². The molecule has 1 aromatic rings. The molecule has 0 spiro atoms. The largest absolute Gasteiger partial charge is 0.481 e. The number of carboxylic acids is 1. The maximum absolute atomic E-state index is 12.4. The number of hydrogen-bond donors (Lipinski definition) is 1. The van der Waals surface area contributed by atoms with Gasteiger partial charge in [-0.3, -0.25) is 9.69 Å². The summed E-state index contributed by atoms with van der Waals surface area (Å²) in [5.74, 6) is -1.26. The molecule has 1 fully saturated rings. The van der Waals surface area contributed by atoms with Crippen molar-refractivity contribution in [1.82, 2.24) is 4.90 Å². The summed E-state index contributed by atoms with van der Waals surface area (Å²) in [5, 5.41) is 9.08. The summed E-state index contributed by atoms with van der Waals surface area (Å²) in [4.78, 5) is 26.7. The molecule has 2 amide bonds. The van der Waals surface area contributed by atoms with Gasteiger partial charge >= 0.3 is 12.0 Å². The second-order valence-electron chi connectivity index (χ2n) is 5.30. The lowest BCUT2D eigenvalue weighted by Gasteiger charge is -2.33. The number of carbonyl (C=O) groups is 2. The van der Waals surface area contributed by atoms with Crippen molar-refractivity contribution in [1.29, 1.82) is 0 Å². The van der Waals surface area contributed by atoms with Gasteiger partial charge in [-0.2, -0.15) is 0 Å². The van der Waals surface area contributed by atoms with Crippen LogP contribution in [0.3, 0.4) is 0 Å². The van der Waals surface area contributed by atoms with Crippen molar-refractivity contribution in [3.8, 4) is 0 Å². The van der Waals surface area contributed by atoms with E-state index in [9.17, 15) is 9.59 Å². The maximum Gasteiger partial charge on any atom is 0.324 e. The molecule has 0 saturated carbocycles. The van der Waals surface area contributed by atoms with Crippen molar-refractivity contribution in [2.24, 2.45) is 5.92 Å². The van der Waals surface area contributed by atoms with Gasteiger partial charge in [0, 0.05) is 25.8 Å². The van der Waals surface area contributed by atoms with Crippen LogP contribution in [0.25, 0.3) is 0 Å². The number of hydrogen-bond acceptors (Lipinski definition) is 2. The van der Waals surface area contributed by atoms with E-state index in [0.29, 0.717) is 19.5 Å². The highest BCUT2D eigenvalue weighted by Gasteiger charge is 2.29. The van der Waals surface area contributed by atoms with E-state index in [2.05, 4.69) is 0 Å². The molecule has 0 aliphatic carbocycles. The van der Waals surface area contributed by atoms with Crippen LogP contribution in [0.1, 0.15) is 18.4 Å². The van der Waals surface area contributed by atoms with Crippen LogP contribution in [0, 0.1) is 12.8 Å². The lowest BCUT2D eigenvalue weighted by Crippen LogP contribution is -2.47. The Morgan fingerprint density at radius 3 is 2.80 bits per heavy atom. The Balaban J connectivity index is 2.08. The summed E-state index contributed by atoms with van der Waals surface area (Å²) in [6.45, 7) is 2.90. The van der Waals surface area contributed by atoms with E-state index in [1.54, 1.807) is 16.8 Å². The van der Waals surface area contributed by atoms with Gasteiger partial charge in [-0.25, -0.2) is 4.79 Å². The Morgan fingerprint density at radius 2 is 2.15 bits per heavy atom. The Morgan fingerprint density at radius 1 is 1.40 bits per heavy atom. The number of benzene rings is 1. The lowest BCUT2D eigenvalue weighted by molar-refractivity contribution is -0.143. The first-order valence-electron chi connectivity index (χ1n) is 6.81. The highest BCUT2D eigenvalue weighted by molar-refractivity contribution is 5.91. The predicted octanol–water partition coefficient (Wildman–Crippen LogP) is 2.35. The molecule has 20 heavy (non-hydrogen) atoms. The Kier molecular flexibility index (Phi) is 4.27. The summed E-state index contributed by atoms with van der Waals surface area (Å²) in [6, 6.07) is 7.56. The molecular weight excluding hydrogens is 256 g/mol. The molecule has 1 atom stereocenters. The predicted molar refractivity (Wildman–Crippen MR) is 76.9 cm³/mol. The van der Waals surface area contributed by atoms with Crippen molar-refractivity contribution in [3.05, 3.63) is 29.8 Å². The summed E-state index contributed by atoms with van der Waals surface area (Å²) in [5.41, 5.74) is 1.91. The summed E-state index contributed by atoms with van der Waals surface area (Å²) >= 11 is 0. The summed E-state index contributed by atoms with van der Waals surface area (Å²) in [7, 11) is 1.72. The molecule has 1 heterocycles. The first-order valence-corrected chi connectivity index (χ1v) is 6.81. The molecule has 1 aliphatic rings. The van der Waals surface area contributed by atoms with Gasteiger partial charge < -0.3 is 10.0 Å². The molecule has 0 aromatic heterocycles. The minimum atomic E-state index is -0.819. The number of nitrogens with zero attached hydrogens (tertiary/aromatic N) is 2. The van der Waals surface area contributed by atoms with Gasteiger partial charge in [-0.15, -0.1) is 0 Å². The minimum absolute atomic E-state index is 0.137. The van der Waals surface area contributed by atoms with Crippen LogP contribution >= 0.6 is 0 Å². The molecule has 0 bridgehead atoms. The van der Waals surface area contributed by atoms with Gasteiger partial charge in [0.05, 0.1) is 5.92 Å². The number of aliphatic carboxylic acids is 1. The third-order valence-electron chi connectivity index (χ3n) is 3.72. The van der Waals surface area contributed by atoms with Crippen molar-refractivity contribution < 1.29 is 14.7 Å². The SMILES string of the molecule is Cc1cccc(N(C)C(=O)N2CCC[C@H](C(=O)O)C2)c1. The summed E-state index contributed by atoms with van der Waals surface area (Å²) < 4.78 is 0. The smallest absolute Gasteiger partial charge is 0.324 e. The standard InChI is InChI=1S/C15H20N2O3/c1-11-5-3-7-13(9-11)16(2)15(20)17-8-4-6-12(10-17)14(18)19/h3,5,7,9,12H,4,6,8,10H2,1-2H3,(H,18,19)/t12-/m0/s1. The molecular formula is C15H20N2O3. The molecule has 1 aliphatic heterocycles. The fourth-order valence-electron chi connectivity index (χ4n) is 2.51. The van der Waals surface area contributed by atoms with Crippen LogP contribution in [-0.2, 0) is 4.79 Å². The number of anilines is 1. The van der Waals surface area contributed by atoms with Gasteiger partial charge in [0.15, 0.2) is 0 Å². The van der Waals surface area contributed by atoms with E-state index < -0.39 is 11.9 Å². The van der Waals surface area contributed by atoms with E-state index in [1.807, 2.05) is 31.2 Å². The van der Waals surface area contributed by atoms with Crippen LogP contribution in [0.5, 0.6) is 0 Å². The quantitative estimate of drug-likeness (QED) is 0.902. The van der Waals surface area contributed by atoms with Crippen LogP contribution in [0.4, 0.5) is 10.5 Å². The average molecular weight is 276 g/mol. The van der Waals surface area contributed by atoms with E-state index in [0.717, 1.165) is 17.7 Å². The number of urea groups is 1. The third kappa shape index (κ3) is 3.10. The van der Waals surface area contributed by atoms with Crippen LogP contribution < -0.4 is 4.90 Å². The monoisotopic (exact) mass is 276 g/mol. The molecule has 2 rings (SSSR count). The first kappa shape index (κ1) is 14.4. The van der Waals surface area contributed by atoms with E-state index in [1.165, 1.54) is 0 Å². The third-order valence-corrected chi connectivity index (χ3v) is 3.72. The average Bonchev–Trinajstić information content (AvgIpc) is 2.45. The van der Waals surface area contributed by atoms with Crippen molar-refractivity contribution >= 4 is 17.7 Å². The van der Waals surface area contributed by atoms with Gasteiger partial charge in [0.25, 0.3) is 0 Å². The molecule has 1 aromatic carbocycles. The number of piperidine rings is 1. The van der Waals surface area contributed by atoms with Gasteiger partial charge in [-0.05, 0) is 37.5 Å². The van der Waals surface area contributed by atoms with E-state index >= 15 is 0 Å². The zero-order chi connectivity index (χ0) is 14.7. The number of carbonyl (C=O) groups excluding carboxylic acids is 1. The molecule has 0 radical (unpaired) electrons. The first-order chi connectivity index (χ1) is 9.49. The van der Waals surface area contributed by atoms with Crippen LogP contribution in [0.15, 0.2) is 24.3 Å². The fraction of sp³-hybridized carbons (Fsp3) is 0.467. The maximum atomic E-state index is 12.4. The molecule has 1 N–H and O–H groups in total. The number of rotatable bonds is 2. The highest BCUT2D eigenvalue weighted by Crippen LogP contribution is 2.21. The number of aryl methyl sites for hydroxylation is 1. The topological polar surface area (TPSA) is 60.9 Å². The summed E-state index contributed by atoms with van der Waals surface area (Å²) in [6.07, 6.45) is 1.39. The molecule has 0 unspecified atom stereocenters. The Labute approximate surface area is 118 Å². The second-order valence-corrected chi connectivity index (χ2v) is 5.30. The number of carboxylic acid groups (broad SMARTS) is 1. The van der Waals surface area contributed by atoms with Crippen molar-refractivity contribution in [3.63, 3.8) is 0 Å². The van der Waals surface area contributed by atoms with Crippen LogP contribution in [0.2, 0.25) is 0 Å². The molecule has 5 nitrogen and oxygen atoms in total. The Bertz CT molecular complexity index is 516. The van der Waals surface area contributed by atoms with Gasteiger partial charge in [-0.1, -0.05) is 12.1 Å². The van der Waals surface area contributed by atoms with Gasteiger partial charge in [0.2, 0.25) is 0 Å². The van der Waals surface area contributed by atoms with E-state index in [4.69, 9.17) is 5.11 Å². The molecule has 5 heteroatoms. The zero-order valence-corrected chi connectivity index (χ0v) is 11.9. The minimum Gasteiger partial charge on any atom is -0.481 e. The lowest BCUT2D eigenvalue weighted by atomic mass is 9.98. The normalized spacial score (nSPS) is 18.7. The Hall–Kier alpha value is -2.04. The van der Waals surface area contributed by atoms with E-state index in [-0.39, 0.29) is 6.03 Å². The second kappa shape index (κ2) is 5.94. The number of likely N-dealkylation sites (tertiary alicyclic amines) is 1. The molecule has 108 valence electrons. The highest BCUT2D eigenvalue weighted by atomic mass is 16.4. The van der Waals surface area contributed by atoms with Crippen LogP contribution in [-0.4, -0.2) is 42.1 Å². The fourth-order valence-corrected chi connectivity index (χ4v) is 2.51.